The van der Waals surface area contributed by atoms with Crippen molar-refractivity contribution in [2.24, 2.45) is 29.1 Å². The molecule has 2 N–H and O–H groups in total. The van der Waals surface area contributed by atoms with E-state index in [-0.39, 0.29) is 41.6 Å². The largest absolute Gasteiger partial charge is 0.469 e. The molecule has 6 heteroatoms. The minimum absolute atomic E-state index is 0.0554. The van der Waals surface area contributed by atoms with E-state index < -0.39 is 11.3 Å². The lowest BCUT2D eigenvalue weighted by Gasteiger charge is -2.49. The van der Waals surface area contributed by atoms with Gasteiger partial charge >= 0.3 is 5.97 Å². The van der Waals surface area contributed by atoms with E-state index in [9.17, 15) is 9.59 Å². The molecule has 1 saturated heterocycles. The summed E-state index contributed by atoms with van der Waals surface area (Å²) in [6.07, 6.45) is 8.70. The van der Waals surface area contributed by atoms with Gasteiger partial charge in [0.1, 0.15) is 0 Å². The molecule has 0 aromatic rings. The van der Waals surface area contributed by atoms with Crippen LogP contribution in [0, 0.1) is 39.9 Å². The number of piperidine rings is 1. The maximum absolute atomic E-state index is 13.1. The number of hydrogen-bond acceptors (Lipinski definition) is 6. The van der Waals surface area contributed by atoms with E-state index in [0.29, 0.717) is 18.7 Å². The van der Waals surface area contributed by atoms with Crippen LogP contribution < -0.4 is 0 Å². The normalized spacial score (nSPS) is 37.1. The van der Waals surface area contributed by atoms with E-state index in [0.717, 1.165) is 13.0 Å². The molecule has 0 aromatic carbocycles. The number of carbonyl (C=O) groups is 2. The topological polar surface area (TPSA) is 94.3 Å². The van der Waals surface area contributed by atoms with Gasteiger partial charge in [0.25, 0.3) is 0 Å². The number of Topliss-reactive ketones (excluding diaryl/α,β-unsaturated/α-hetero) is 1. The molecule has 0 aromatic heterocycles. The van der Waals surface area contributed by atoms with E-state index >= 15 is 0 Å². The van der Waals surface area contributed by atoms with E-state index in [1.165, 1.54) is 7.11 Å². The molecule has 0 amide bonds. The minimum atomic E-state index is -0.819. The van der Waals surface area contributed by atoms with Crippen molar-refractivity contribution in [3.8, 4) is 0 Å². The highest BCUT2D eigenvalue weighted by atomic mass is 16.5. The molecule has 3 rings (SSSR count). The summed E-state index contributed by atoms with van der Waals surface area (Å²) in [7, 11) is 3.41. The maximum Gasteiger partial charge on any atom is 0.313 e. The summed E-state index contributed by atoms with van der Waals surface area (Å²) in [4.78, 5) is 28.2. The van der Waals surface area contributed by atoms with Crippen LogP contribution in [0.4, 0.5) is 0 Å². The number of carbonyl (C=O) groups excluding carboxylic acids is 2. The number of ether oxygens (including phenoxy) is 1. The van der Waals surface area contributed by atoms with Crippen LogP contribution in [0.5, 0.6) is 0 Å². The summed E-state index contributed by atoms with van der Waals surface area (Å²) in [5.74, 6) is -1.21. The van der Waals surface area contributed by atoms with Crippen molar-refractivity contribution in [2.75, 3.05) is 27.2 Å². The summed E-state index contributed by atoms with van der Waals surface area (Å²) in [6, 6.07) is 0. The van der Waals surface area contributed by atoms with Crippen LogP contribution in [0.15, 0.2) is 24.3 Å². The van der Waals surface area contributed by atoms with Gasteiger partial charge in [-0.3, -0.25) is 9.59 Å². The summed E-state index contributed by atoms with van der Waals surface area (Å²) in [6.45, 7) is 3.46. The second-order valence-electron chi connectivity index (χ2n) is 8.20. The second-order valence-corrected chi connectivity index (χ2v) is 8.20. The Bertz CT molecular complexity index is 726. The van der Waals surface area contributed by atoms with Gasteiger partial charge in [-0.2, -0.15) is 0 Å². The number of rotatable bonds is 3. The Labute approximate surface area is 160 Å². The first-order valence-corrected chi connectivity index (χ1v) is 9.66. The summed E-state index contributed by atoms with van der Waals surface area (Å²) in [5, 5.41) is 16.9. The van der Waals surface area contributed by atoms with Crippen LogP contribution in [0.1, 0.15) is 26.2 Å². The van der Waals surface area contributed by atoms with E-state index in [4.69, 9.17) is 15.6 Å². The first-order valence-electron chi connectivity index (χ1n) is 9.66. The molecule has 1 aliphatic heterocycles. The van der Waals surface area contributed by atoms with Crippen LogP contribution in [0.3, 0.4) is 0 Å². The van der Waals surface area contributed by atoms with Crippen molar-refractivity contribution in [3.05, 3.63) is 24.3 Å². The zero-order valence-corrected chi connectivity index (χ0v) is 16.3. The Morgan fingerprint density at radius 1 is 1.37 bits per heavy atom. The van der Waals surface area contributed by atoms with Gasteiger partial charge in [-0.15, -0.1) is 0 Å². The highest BCUT2D eigenvalue weighted by Crippen LogP contribution is 2.50. The number of likely N-dealkylation sites (tertiary alicyclic amines) is 1. The molecule has 5 atom stereocenters. The third-order valence-electron chi connectivity index (χ3n) is 6.65. The second kappa shape index (κ2) is 7.50. The van der Waals surface area contributed by atoms with Crippen molar-refractivity contribution in [2.45, 2.75) is 26.2 Å². The Balaban J connectivity index is 2.09. The number of allylic oxidation sites excluding steroid dienone is 4. The third-order valence-corrected chi connectivity index (χ3v) is 6.65. The van der Waals surface area contributed by atoms with E-state index in [1.807, 2.05) is 19.2 Å². The number of ketones is 1. The fraction of sp³-hybridized carbons (Fsp3) is 0.619. The molecule has 2 fully saturated rings. The van der Waals surface area contributed by atoms with E-state index in [2.05, 4.69) is 11.8 Å². The maximum atomic E-state index is 13.1. The summed E-state index contributed by atoms with van der Waals surface area (Å²) >= 11 is 0. The van der Waals surface area contributed by atoms with Gasteiger partial charge in [-0.05, 0) is 31.4 Å². The molecule has 5 unspecified atom stereocenters. The lowest BCUT2D eigenvalue weighted by Crippen LogP contribution is -2.57. The molecule has 2 aliphatic carbocycles. The Kier molecular flexibility index (Phi) is 5.47. The molecule has 0 spiro atoms. The number of methoxy groups -OCH3 is 1. The van der Waals surface area contributed by atoms with Gasteiger partial charge in [-0.1, -0.05) is 31.6 Å². The van der Waals surface area contributed by atoms with Gasteiger partial charge in [0.2, 0.25) is 0 Å². The van der Waals surface area contributed by atoms with Crippen molar-refractivity contribution in [1.29, 1.82) is 10.8 Å². The van der Waals surface area contributed by atoms with Crippen LogP contribution in [0.2, 0.25) is 0 Å². The Morgan fingerprint density at radius 2 is 2.11 bits per heavy atom. The monoisotopic (exact) mass is 371 g/mol. The predicted octanol–water partition coefficient (Wildman–Crippen LogP) is 2.49. The fourth-order valence-electron chi connectivity index (χ4n) is 5.36. The van der Waals surface area contributed by atoms with Gasteiger partial charge in [0.15, 0.2) is 5.78 Å². The number of nitrogens with zero attached hydrogens (tertiary/aromatic N) is 1. The molecule has 27 heavy (non-hydrogen) atoms. The van der Waals surface area contributed by atoms with E-state index in [1.54, 1.807) is 12.2 Å². The smallest absolute Gasteiger partial charge is 0.313 e. The average molecular weight is 371 g/mol. The minimum Gasteiger partial charge on any atom is -0.469 e. The first-order chi connectivity index (χ1) is 12.8. The van der Waals surface area contributed by atoms with Gasteiger partial charge in [0, 0.05) is 37.1 Å². The van der Waals surface area contributed by atoms with Gasteiger partial charge in [-0.25, -0.2) is 0 Å². The number of esters is 1. The molecule has 1 saturated carbocycles. The van der Waals surface area contributed by atoms with Crippen molar-refractivity contribution in [3.63, 3.8) is 0 Å². The van der Waals surface area contributed by atoms with Gasteiger partial charge < -0.3 is 20.5 Å². The Hall–Kier alpha value is -2.08. The standard InChI is InChI=1S/C21H29N3O3/c1-4-13-11-24(2)12-21(20(26)27-3)10-15(14-7-5-6-8-17(14)22)19(23)18(25)9-16(13)21/h5-8,13-16,22-23H,4,9-12H2,1-3H3. The zero-order valence-electron chi connectivity index (χ0n) is 16.3. The van der Waals surface area contributed by atoms with Crippen molar-refractivity contribution < 1.29 is 14.3 Å². The van der Waals surface area contributed by atoms with Gasteiger partial charge in [0.05, 0.1) is 18.2 Å². The molecule has 146 valence electrons. The molecular weight excluding hydrogens is 342 g/mol. The Morgan fingerprint density at radius 3 is 2.74 bits per heavy atom. The molecule has 3 aliphatic rings. The number of hydrogen-bond donors (Lipinski definition) is 2. The number of nitrogens with one attached hydrogen (secondary N) is 2. The lowest BCUT2D eigenvalue weighted by atomic mass is 9.61. The summed E-state index contributed by atoms with van der Waals surface area (Å²) < 4.78 is 5.25. The molecule has 0 radical (unpaired) electrons. The predicted molar refractivity (Wildman–Crippen MR) is 104 cm³/mol. The zero-order chi connectivity index (χ0) is 19.8. The quantitative estimate of drug-likeness (QED) is 0.745. The molecule has 0 bridgehead atoms. The highest BCUT2D eigenvalue weighted by Gasteiger charge is 2.57. The van der Waals surface area contributed by atoms with Crippen LogP contribution in [-0.4, -0.2) is 55.3 Å². The van der Waals surface area contributed by atoms with Crippen LogP contribution >= 0.6 is 0 Å². The van der Waals surface area contributed by atoms with Crippen LogP contribution in [0.25, 0.3) is 0 Å². The van der Waals surface area contributed by atoms with Crippen LogP contribution in [-0.2, 0) is 14.3 Å². The molecule has 1 heterocycles. The third kappa shape index (κ3) is 3.31. The molecule has 6 nitrogen and oxygen atoms in total. The highest BCUT2D eigenvalue weighted by molar-refractivity contribution is 6.40. The van der Waals surface area contributed by atoms with Crippen molar-refractivity contribution >= 4 is 23.2 Å². The summed E-state index contributed by atoms with van der Waals surface area (Å²) in [5.41, 5.74) is -0.379. The average Bonchev–Trinajstić information content (AvgIpc) is 2.77. The fourth-order valence-corrected chi connectivity index (χ4v) is 5.36. The SMILES string of the molecule is CCC1CN(C)CC2(C(=O)OC)CC(C3C=CC=CC3=N)C(=N)C(=O)CC12. The molecular formula is C21H29N3O3. The number of fused-ring (bicyclic) bond motifs is 1. The first kappa shape index (κ1) is 19.7. The lowest BCUT2D eigenvalue weighted by molar-refractivity contribution is -0.166. The van der Waals surface area contributed by atoms with Crippen molar-refractivity contribution in [1.82, 2.24) is 4.90 Å².